The Morgan fingerprint density at radius 2 is 2.42 bits per heavy atom. The van der Waals surface area contributed by atoms with Crippen LogP contribution in [0, 0.1) is 6.92 Å². The van der Waals surface area contributed by atoms with Gasteiger partial charge in [-0.15, -0.1) is 0 Å². The molecule has 1 aromatic heterocycles. The lowest BCUT2D eigenvalue weighted by atomic mass is 10.3. The predicted octanol–water partition coefficient (Wildman–Crippen LogP) is 0.374. The fraction of sp³-hybridized carbons (Fsp3) is 0.625. The molecule has 0 atom stereocenters. The van der Waals surface area contributed by atoms with Gasteiger partial charge in [0.1, 0.15) is 5.76 Å². The third-order valence-corrected chi connectivity index (χ3v) is 1.62. The smallest absolute Gasteiger partial charge is 0.133 e. The van der Waals surface area contributed by atoms with Gasteiger partial charge in [-0.3, -0.25) is 4.90 Å². The molecule has 0 aromatic carbocycles. The zero-order chi connectivity index (χ0) is 8.97. The van der Waals surface area contributed by atoms with Gasteiger partial charge in [-0.25, -0.2) is 0 Å². The average molecular weight is 169 g/mol. The van der Waals surface area contributed by atoms with Crippen LogP contribution in [0.1, 0.15) is 11.5 Å². The van der Waals surface area contributed by atoms with E-state index in [4.69, 9.17) is 10.3 Å². The molecule has 4 heteroatoms. The van der Waals surface area contributed by atoms with Crippen LogP contribution in [-0.2, 0) is 6.54 Å². The molecule has 4 nitrogen and oxygen atoms in total. The van der Waals surface area contributed by atoms with Crippen molar-refractivity contribution < 1.29 is 4.52 Å². The minimum atomic E-state index is 0.674. The lowest BCUT2D eigenvalue weighted by molar-refractivity contribution is 0.316. The Morgan fingerprint density at radius 3 is 2.92 bits per heavy atom. The van der Waals surface area contributed by atoms with Crippen LogP contribution in [-0.4, -0.2) is 30.2 Å². The van der Waals surface area contributed by atoms with E-state index in [0.29, 0.717) is 6.54 Å². The SMILES string of the molecule is Cc1cc(CN(C)CCN)no1. The lowest BCUT2D eigenvalue weighted by Crippen LogP contribution is -2.25. The Morgan fingerprint density at radius 1 is 1.67 bits per heavy atom. The topological polar surface area (TPSA) is 55.3 Å². The van der Waals surface area contributed by atoms with E-state index in [9.17, 15) is 0 Å². The summed E-state index contributed by atoms with van der Waals surface area (Å²) in [7, 11) is 2.01. The summed E-state index contributed by atoms with van der Waals surface area (Å²) in [6, 6.07) is 1.94. The van der Waals surface area contributed by atoms with Crippen molar-refractivity contribution in [1.29, 1.82) is 0 Å². The van der Waals surface area contributed by atoms with E-state index < -0.39 is 0 Å². The number of rotatable bonds is 4. The van der Waals surface area contributed by atoms with Gasteiger partial charge < -0.3 is 10.3 Å². The highest BCUT2D eigenvalue weighted by atomic mass is 16.5. The number of aromatic nitrogens is 1. The number of nitrogens with two attached hydrogens (primary N) is 1. The van der Waals surface area contributed by atoms with Gasteiger partial charge in [-0.1, -0.05) is 5.16 Å². The van der Waals surface area contributed by atoms with Crippen LogP contribution in [0.15, 0.2) is 10.6 Å². The second-order valence-corrected chi connectivity index (χ2v) is 2.96. The van der Waals surface area contributed by atoms with Crippen molar-refractivity contribution in [1.82, 2.24) is 10.1 Å². The largest absolute Gasteiger partial charge is 0.361 e. The molecule has 0 amide bonds. The summed E-state index contributed by atoms with van der Waals surface area (Å²) < 4.78 is 4.94. The minimum Gasteiger partial charge on any atom is -0.361 e. The standard InChI is InChI=1S/C8H15N3O/c1-7-5-8(10-12-7)6-11(2)4-3-9/h5H,3-4,6,9H2,1-2H3. The summed E-state index contributed by atoms with van der Waals surface area (Å²) in [4.78, 5) is 2.11. The molecule has 2 N–H and O–H groups in total. The molecule has 0 spiro atoms. The Kier molecular flexibility index (Phi) is 3.25. The monoisotopic (exact) mass is 169 g/mol. The number of likely N-dealkylation sites (N-methyl/N-ethyl adjacent to an activating group) is 1. The molecular weight excluding hydrogens is 154 g/mol. The highest BCUT2D eigenvalue weighted by Crippen LogP contribution is 2.03. The third-order valence-electron chi connectivity index (χ3n) is 1.62. The quantitative estimate of drug-likeness (QED) is 0.707. The van der Waals surface area contributed by atoms with Crippen LogP contribution >= 0.6 is 0 Å². The summed E-state index contributed by atoms with van der Waals surface area (Å²) in [6.07, 6.45) is 0. The van der Waals surface area contributed by atoms with Crippen LogP contribution in [0.2, 0.25) is 0 Å². The summed E-state index contributed by atoms with van der Waals surface area (Å²) in [5.41, 5.74) is 6.36. The van der Waals surface area contributed by atoms with E-state index in [1.54, 1.807) is 0 Å². The van der Waals surface area contributed by atoms with Gasteiger partial charge in [0.25, 0.3) is 0 Å². The van der Waals surface area contributed by atoms with E-state index in [1.807, 2.05) is 20.0 Å². The summed E-state index contributed by atoms with van der Waals surface area (Å²) in [5.74, 6) is 0.853. The molecule has 0 bridgehead atoms. The van der Waals surface area contributed by atoms with Crippen molar-refractivity contribution >= 4 is 0 Å². The first-order valence-electron chi connectivity index (χ1n) is 4.03. The van der Waals surface area contributed by atoms with Gasteiger partial charge >= 0.3 is 0 Å². The zero-order valence-electron chi connectivity index (χ0n) is 7.58. The number of hydrogen-bond acceptors (Lipinski definition) is 4. The molecule has 12 heavy (non-hydrogen) atoms. The molecule has 0 aliphatic carbocycles. The van der Waals surface area contributed by atoms with Gasteiger partial charge in [-0.2, -0.15) is 0 Å². The van der Waals surface area contributed by atoms with E-state index in [2.05, 4.69) is 10.1 Å². The van der Waals surface area contributed by atoms with Crippen molar-refractivity contribution in [3.8, 4) is 0 Å². The van der Waals surface area contributed by atoms with Crippen molar-refractivity contribution in [3.05, 3.63) is 17.5 Å². The van der Waals surface area contributed by atoms with Gasteiger partial charge in [0.05, 0.1) is 5.69 Å². The number of hydrogen-bond donors (Lipinski definition) is 1. The zero-order valence-corrected chi connectivity index (χ0v) is 7.58. The first-order chi connectivity index (χ1) is 5.72. The van der Waals surface area contributed by atoms with Crippen molar-refractivity contribution in [2.45, 2.75) is 13.5 Å². The first-order valence-corrected chi connectivity index (χ1v) is 4.03. The molecule has 0 aliphatic heterocycles. The molecule has 1 rings (SSSR count). The fourth-order valence-electron chi connectivity index (χ4n) is 1.07. The van der Waals surface area contributed by atoms with Gasteiger partial charge in [0, 0.05) is 25.7 Å². The normalized spacial score (nSPS) is 11.0. The highest BCUT2D eigenvalue weighted by molar-refractivity contribution is 5.02. The Balaban J connectivity index is 2.41. The van der Waals surface area contributed by atoms with E-state index >= 15 is 0 Å². The van der Waals surface area contributed by atoms with Crippen molar-refractivity contribution in [2.24, 2.45) is 5.73 Å². The lowest BCUT2D eigenvalue weighted by Gasteiger charge is -2.12. The van der Waals surface area contributed by atoms with Crippen LogP contribution in [0.5, 0.6) is 0 Å². The Hall–Kier alpha value is -0.870. The van der Waals surface area contributed by atoms with E-state index in [-0.39, 0.29) is 0 Å². The van der Waals surface area contributed by atoms with E-state index in [0.717, 1.165) is 24.5 Å². The van der Waals surface area contributed by atoms with Gasteiger partial charge in [0.2, 0.25) is 0 Å². The molecule has 0 aliphatic rings. The third kappa shape index (κ3) is 2.64. The highest BCUT2D eigenvalue weighted by Gasteiger charge is 2.03. The number of aryl methyl sites for hydroxylation is 1. The molecule has 0 fully saturated rings. The maximum Gasteiger partial charge on any atom is 0.133 e. The molecule has 1 heterocycles. The van der Waals surface area contributed by atoms with Crippen molar-refractivity contribution in [3.63, 3.8) is 0 Å². The molecule has 0 unspecified atom stereocenters. The molecule has 0 saturated heterocycles. The average Bonchev–Trinajstić information content (AvgIpc) is 2.36. The molecular formula is C8H15N3O. The second-order valence-electron chi connectivity index (χ2n) is 2.96. The van der Waals surface area contributed by atoms with Crippen molar-refractivity contribution in [2.75, 3.05) is 20.1 Å². The van der Waals surface area contributed by atoms with Crippen LogP contribution < -0.4 is 5.73 Å². The van der Waals surface area contributed by atoms with Gasteiger partial charge in [0.15, 0.2) is 0 Å². The van der Waals surface area contributed by atoms with Crippen LogP contribution in [0.4, 0.5) is 0 Å². The maximum absolute atomic E-state index is 5.40. The fourth-order valence-corrected chi connectivity index (χ4v) is 1.07. The van der Waals surface area contributed by atoms with Gasteiger partial charge in [-0.05, 0) is 14.0 Å². The van der Waals surface area contributed by atoms with Crippen LogP contribution in [0.25, 0.3) is 0 Å². The first kappa shape index (κ1) is 9.22. The molecule has 0 saturated carbocycles. The molecule has 1 aromatic rings. The Bertz CT molecular complexity index is 234. The Labute approximate surface area is 72.3 Å². The predicted molar refractivity (Wildman–Crippen MR) is 46.6 cm³/mol. The summed E-state index contributed by atoms with van der Waals surface area (Å²) in [5, 5.41) is 3.88. The maximum atomic E-state index is 5.40. The van der Waals surface area contributed by atoms with E-state index in [1.165, 1.54) is 0 Å². The molecule has 68 valence electrons. The summed E-state index contributed by atoms with van der Waals surface area (Å²) >= 11 is 0. The van der Waals surface area contributed by atoms with Crippen LogP contribution in [0.3, 0.4) is 0 Å². The second kappa shape index (κ2) is 4.23. The summed E-state index contributed by atoms with van der Waals surface area (Å²) in [6.45, 7) is 4.24. The number of nitrogens with zero attached hydrogens (tertiary/aromatic N) is 2. The molecule has 0 radical (unpaired) electrons. The minimum absolute atomic E-state index is 0.674.